The molecule has 1 atom stereocenters. The summed E-state index contributed by atoms with van der Waals surface area (Å²) in [7, 11) is 0. The standard InChI is InChI=1S/C13H20N2O3/c1-3-17-8-10(2)15-11-5-4-6-12(7-11)18-9-13(14)16/h4-7,10,15H,3,8-9H2,1-2H3,(H2,14,16). The third-order valence-corrected chi connectivity index (χ3v) is 2.20. The van der Waals surface area contributed by atoms with Gasteiger partial charge in [0.1, 0.15) is 5.75 Å². The summed E-state index contributed by atoms with van der Waals surface area (Å²) in [5.74, 6) is 0.125. The average Bonchev–Trinajstić information content (AvgIpc) is 2.34. The highest BCUT2D eigenvalue weighted by Gasteiger charge is 2.03. The molecule has 0 radical (unpaired) electrons. The lowest BCUT2D eigenvalue weighted by Crippen LogP contribution is -2.22. The van der Waals surface area contributed by atoms with E-state index in [1.807, 2.05) is 32.0 Å². The SMILES string of the molecule is CCOCC(C)Nc1cccc(OCC(N)=O)c1. The third-order valence-electron chi connectivity index (χ3n) is 2.20. The topological polar surface area (TPSA) is 73.6 Å². The number of amides is 1. The van der Waals surface area contributed by atoms with Crippen molar-refractivity contribution in [3.05, 3.63) is 24.3 Å². The largest absolute Gasteiger partial charge is 0.484 e. The number of ether oxygens (including phenoxy) is 2. The summed E-state index contributed by atoms with van der Waals surface area (Å²) in [6, 6.07) is 7.59. The van der Waals surface area contributed by atoms with Gasteiger partial charge in [0.15, 0.2) is 6.61 Å². The van der Waals surface area contributed by atoms with E-state index in [1.54, 1.807) is 6.07 Å². The van der Waals surface area contributed by atoms with E-state index in [-0.39, 0.29) is 12.6 Å². The van der Waals surface area contributed by atoms with Crippen molar-refractivity contribution in [1.82, 2.24) is 0 Å². The zero-order valence-corrected chi connectivity index (χ0v) is 10.8. The molecular formula is C13H20N2O3. The number of nitrogens with one attached hydrogen (secondary N) is 1. The first-order valence-electron chi connectivity index (χ1n) is 5.97. The molecule has 0 spiro atoms. The van der Waals surface area contributed by atoms with Crippen molar-refractivity contribution in [2.45, 2.75) is 19.9 Å². The molecule has 0 aromatic heterocycles. The molecule has 5 nitrogen and oxygen atoms in total. The molecule has 0 aliphatic heterocycles. The van der Waals surface area contributed by atoms with E-state index in [2.05, 4.69) is 5.32 Å². The van der Waals surface area contributed by atoms with Crippen molar-refractivity contribution < 1.29 is 14.3 Å². The molecule has 0 fully saturated rings. The van der Waals surface area contributed by atoms with Crippen molar-refractivity contribution in [3.8, 4) is 5.75 Å². The third kappa shape index (κ3) is 5.54. The van der Waals surface area contributed by atoms with E-state index in [0.29, 0.717) is 19.0 Å². The molecule has 1 aromatic rings. The maximum absolute atomic E-state index is 10.6. The lowest BCUT2D eigenvalue weighted by molar-refractivity contribution is -0.119. The van der Waals surface area contributed by atoms with Crippen molar-refractivity contribution in [1.29, 1.82) is 0 Å². The summed E-state index contributed by atoms with van der Waals surface area (Å²) in [5, 5.41) is 3.28. The Morgan fingerprint density at radius 1 is 1.50 bits per heavy atom. The molecule has 0 saturated carbocycles. The second kappa shape index (κ2) is 7.55. The van der Waals surface area contributed by atoms with Crippen LogP contribution in [0, 0.1) is 0 Å². The summed E-state index contributed by atoms with van der Waals surface area (Å²) in [6.45, 7) is 5.23. The van der Waals surface area contributed by atoms with E-state index in [4.69, 9.17) is 15.2 Å². The Morgan fingerprint density at radius 3 is 2.94 bits per heavy atom. The summed E-state index contributed by atoms with van der Waals surface area (Å²) >= 11 is 0. The van der Waals surface area contributed by atoms with Crippen LogP contribution in [0.3, 0.4) is 0 Å². The van der Waals surface area contributed by atoms with Crippen LogP contribution in [0.5, 0.6) is 5.75 Å². The van der Waals surface area contributed by atoms with E-state index >= 15 is 0 Å². The number of anilines is 1. The number of benzene rings is 1. The fraction of sp³-hybridized carbons (Fsp3) is 0.462. The lowest BCUT2D eigenvalue weighted by atomic mass is 10.2. The second-order valence-electron chi connectivity index (χ2n) is 3.99. The minimum absolute atomic E-state index is 0.113. The Bertz CT molecular complexity index is 382. The van der Waals surface area contributed by atoms with Gasteiger partial charge < -0.3 is 20.5 Å². The van der Waals surface area contributed by atoms with Crippen LogP contribution in [0.4, 0.5) is 5.69 Å². The second-order valence-corrected chi connectivity index (χ2v) is 3.99. The van der Waals surface area contributed by atoms with Crippen LogP contribution in [0.15, 0.2) is 24.3 Å². The van der Waals surface area contributed by atoms with E-state index in [0.717, 1.165) is 5.69 Å². The molecule has 1 amide bonds. The molecule has 1 rings (SSSR count). The first-order valence-corrected chi connectivity index (χ1v) is 5.97. The molecule has 1 aromatic carbocycles. The lowest BCUT2D eigenvalue weighted by Gasteiger charge is -2.15. The predicted molar refractivity (Wildman–Crippen MR) is 70.7 cm³/mol. The Labute approximate surface area is 107 Å². The summed E-state index contributed by atoms with van der Waals surface area (Å²) in [5.41, 5.74) is 5.94. The van der Waals surface area contributed by atoms with Gasteiger partial charge in [0.2, 0.25) is 0 Å². The molecular weight excluding hydrogens is 232 g/mol. The van der Waals surface area contributed by atoms with Crippen molar-refractivity contribution >= 4 is 11.6 Å². The first-order chi connectivity index (χ1) is 8.61. The van der Waals surface area contributed by atoms with Crippen molar-refractivity contribution in [3.63, 3.8) is 0 Å². The van der Waals surface area contributed by atoms with E-state index < -0.39 is 5.91 Å². The highest BCUT2D eigenvalue weighted by Crippen LogP contribution is 2.17. The average molecular weight is 252 g/mol. The molecule has 0 bridgehead atoms. The van der Waals surface area contributed by atoms with Crippen molar-refractivity contribution in [2.75, 3.05) is 25.1 Å². The molecule has 5 heteroatoms. The van der Waals surface area contributed by atoms with Crippen LogP contribution < -0.4 is 15.8 Å². The molecule has 0 saturated heterocycles. The summed E-state index contributed by atoms with van der Waals surface area (Å²) < 4.78 is 10.5. The molecule has 100 valence electrons. The van der Waals surface area contributed by atoms with Gasteiger partial charge in [0.25, 0.3) is 5.91 Å². The van der Waals surface area contributed by atoms with Gasteiger partial charge in [0, 0.05) is 24.4 Å². The minimum atomic E-state index is -0.488. The van der Waals surface area contributed by atoms with Gasteiger partial charge in [-0.1, -0.05) is 6.07 Å². The van der Waals surface area contributed by atoms with E-state index in [9.17, 15) is 4.79 Å². The first kappa shape index (κ1) is 14.3. The molecule has 18 heavy (non-hydrogen) atoms. The van der Waals surface area contributed by atoms with E-state index in [1.165, 1.54) is 0 Å². The maximum Gasteiger partial charge on any atom is 0.255 e. The Kier molecular flexibility index (Phi) is 6.00. The van der Waals surface area contributed by atoms with Crippen molar-refractivity contribution in [2.24, 2.45) is 5.73 Å². The fourth-order valence-electron chi connectivity index (χ4n) is 1.45. The van der Waals surface area contributed by atoms with Gasteiger partial charge in [0.05, 0.1) is 6.61 Å². The highest BCUT2D eigenvalue weighted by atomic mass is 16.5. The van der Waals surface area contributed by atoms with Crippen LogP contribution in [0.25, 0.3) is 0 Å². The van der Waals surface area contributed by atoms with Crippen LogP contribution in [-0.2, 0) is 9.53 Å². The van der Waals surface area contributed by atoms with Gasteiger partial charge in [-0.15, -0.1) is 0 Å². The zero-order chi connectivity index (χ0) is 13.4. The number of carbonyl (C=O) groups excluding carboxylic acids is 1. The Hall–Kier alpha value is -1.75. The quantitative estimate of drug-likeness (QED) is 0.733. The van der Waals surface area contributed by atoms with Crippen LogP contribution in [0.1, 0.15) is 13.8 Å². The number of hydrogen-bond acceptors (Lipinski definition) is 4. The minimum Gasteiger partial charge on any atom is -0.484 e. The molecule has 3 N–H and O–H groups in total. The molecule has 0 heterocycles. The molecule has 0 aliphatic carbocycles. The smallest absolute Gasteiger partial charge is 0.255 e. The van der Waals surface area contributed by atoms with Gasteiger partial charge in [-0.2, -0.15) is 0 Å². The van der Waals surface area contributed by atoms with Gasteiger partial charge in [-0.05, 0) is 26.0 Å². The predicted octanol–water partition coefficient (Wildman–Crippen LogP) is 1.39. The van der Waals surface area contributed by atoms with Gasteiger partial charge >= 0.3 is 0 Å². The Balaban J connectivity index is 2.50. The van der Waals surface area contributed by atoms with Crippen LogP contribution >= 0.6 is 0 Å². The molecule has 1 unspecified atom stereocenters. The number of carbonyl (C=O) groups is 1. The number of primary amides is 1. The fourth-order valence-corrected chi connectivity index (χ4v) is 1.45. The summed E-state index contributed by atoms with van der Waals surface area (Å²) in [4.78, 5) is 10.6. The molecule has 0 aliphatic rings. The number of hydrogen-bond donors (Lipinski definition) is 2. The maximum atomic E-state index is 10.6. The number of nitrogens with two attached hydrogens (primary N) is 1. The zero-order valence-electron chi connectivity index (χ0n) is 10.8. The normalized spacial score (nSPS) is 11.9. The highest BCUT2D eigenvalue weighted by molar-refractivity contribution is 5.75. The van der Waals surface area contributed by atoms with Crippen LogP contribution in [0.2, 0.25) is 0 Å². The number of rotatable bonds is 8. The van der Waals surface area contributed by atoms with Gasteiger partial charge in [-0.3, -0.25) is 4.79 Å². The van der Waals surface area contributed by atoms with Gasteiger partial charge in [-0.25, -0.2) is 0 Å². The monoisotopic (exact) mass is 252 g/mol. The van der Waals surface area contributed by atoms with Crippen LogP contribution in [-0.4, -0.2) is 31.8 Å². The Morgan fingerprint density at radius 2 is 2.28 bits per heavy atom. The summed E-state index contributed by atoms with van der Waals surface area (Å²) in [6.07, 6.45) is 0.